The lowest BCUT2D eigenvalue weighted by molar-refractivity contribution is 0.0502. The minimum atomic E-state index is -1.14. The second-order valence-corrected chi connectivity index (χ2v) is 5.18. The lowest BCUT2D eigenvalue weighted by Crippen LogP contribution is -2.39. The van der Waals surface area contributed by atoms with Crippen LogP contribution in [0.3, 0.4) is 0 Å². The third kappa shape index (κ3) is 5.36. The summed E-state index contributed by atoms with van der Waals surface area (Å²) in [4.78, 5) is 22.1. The Morgan fingerprint density at radius 1 is 1.53 bits per heavy atom. The molecule has 1 aromatic heterocycles. The maximum Gasteiger partial charge on any atom is 0.407 e. The Kier molecular flexibility index (Phi) is 4.47. The molecule has 8 heteroatoms. The van der Waals surface area contributed by atoms with Gasteiger partial charge in [-0.25, -0.2) is 14.3 Å². The Morgan fingerprint density at radius 3 is 2.63 bits per heavy atom. The van der Waals surface area contributed by atoms with Gasteiger partial charge < -0.3 is 15.2 Å². The van der Waals surface area contributed by atoms with Gasteiger partial charge in [0.25, 0.3) is 0 Å². The first-order valence-corrected chi connectivity index (χ1v) is 5.80. The zero-order valence-electron chi connectivity index (χ0n) is 11.4. The van der Waals surface area contributed by atoms with Crippen molar-refractivity contribution in [2.45, 2.75) is 45.9 Å². The first-order valence-electron chi connectivity index (χ1n) is 5.80. The number of carboxylic acids is 1. The summed E-state index contributed by atoms with van der Waals surface area (Å²) in [7, 11) is 0. The lowest BCUT2D eigenvalue weighted by atomic mass is 10.2. The Labute approximate surface area is 110 Å². The molecular weight excluding hydrogens is 252 g/mol. The van der Waals surface area contributed by atoms with Gasteiger partial charge in [-0.05, 0) is 27.7 Å². The molecule has 1 atom stereocenters. The summed E-state index contributed by atoms with van der Waals surface area (Å²) >= 11 is 0. The zero-order chi connectivity index (χ0) is 14.6. The number of hydrogen-bond donors (Lipinski definition) is 2. The highest BCUT2D eigenvalue weighted by Crippen LogP contribution is 2.06. The Balaban J connectivity index is 2.48. The molecule has 1 aromatic rings. The standard InChI is InChI=1S/C11H18N4O4/c1-7(12-10(18)19-11(2,3)4)5-15-6-8(9(16)17)13-14-15/h6-7H,5H2,1-4H3,(H,12,18)(H,16,17)/t7-/m1/s1. The van der Waals surface area contributed by atoms with Crippen LogP contribution in [-0.2, 0) is 11.3 Å². The number of aromatic nitrogens is 3. The van der Waals surface area contributed by atoms with Gasteiger partial charge in [0.2, 0.25) is 0 Å². The second-order valence-electron chi connectivity index (χ2n) is 5.18. The third-order valence-corrected chi connectivity index (χ3v) is 1.98. The van der Waals surface area contributed by atoms with E-state index in [1.54, 1.807) is 27.7 Å². The van der Waals surface area contributed by atoms with Gasteiger partial charge in [-0.1, -0.05) is 5.21 Å². The Morgan fingerprint density at radius 2 is 2.16 bits per heavy atom. The van der Waals surface area contributed by atoms with E-state index in [0.29, 0.717) is 6.54 Å². The van der Waals surface area contributed by atoms with Gasteiger partial charge in [-0.2, -0.15) is 0 Å². The molecule has 2 N–H and O–H groups in total. The number of carbonyl (C=O) groups excluding carboxylic acids is 1. The van der Waals surface area contributed by atoms with Crippen LogP contribution in [0.15, 0.2) is 6.20 Å². The van der Waals surface area contributed by atoms with Crippen molar-refractivity contribution >= 4 is 12.1 Å². The number of ether oxygens (including phenoxy) is 1. The largest absolute Gasteiger partial charge is 0.476 e. The summed E-state index contributed by atoms with van der Waals surface area (Å²) in [6, 6.07) is -0.266. The molecule has 0 bridgehead atoms. The predicted molar refractivity (Wildman–Crippen MR) is 65.8 cm³/mol. The van der Waals surface area contributed by atoms with Gasteiger partial charge in [0.15, 0.2) is 5.69 Å². The molecule has 0 aliphatic heterocycles. The SMILES string of the molecule is C[C@H](Cn1cc(C(=O)O)nn1)NC(=O)OC(C)(C)C. The number of hydrogen-bond acceptors (Lipinski definition) is 5. The highest BCUT2D eigenvalue weighted by atomic mass is 16.6. The smallest absolute Gasteiger partial charge is 0.407 e. The van der Waals surface area contributed by atoms with E-state index in [4.69, 9.17) is 9.84 Å². The number of nitrogens with zero attached hydrogens (tertiary/aromatic N) is 3. The minimum Gasteiger partial charge on any atom is -0.476 e. The topological polar surface area (TPSA) is 106 Å². The van der Waals surface area contributed by atoms with E-state index in [-0.39, 0.29) is 11.7 Å². The second kappa shape index (κ2) is 5.68. The van der Waals surface area contributed by atoms with E-state index >= 15 is 0 Å². The molecule has 0 radical (unpaired) electrons. The van der Waals surface area contributed by atoms with E-state index in [9.17, 15) is 9.59 Å². The first-order chi connectivity index (χ1) is 8.67. The number of aromatic carboxylic acids is 1. The minimum absolute atomic E-state index is 0.135. The monoisotopic (exact) mass is 270 g/mol. The van der Waals surface area contributed by atoms with Gasteiger partial charge in [0.1, 0.15) is 5.60 Å². The molecule has 0 aliphatic rings. The van der Waals surface area contributed by atoms with Crippen molar-refractivity contribution in [1.82, 2.24) is 20.3 Å². The number of rotatable bonds is 4. The highest BCUT2D eigenvalue weighted by Gasteiger charge is 2.18. The third-order valence-electron chi connectivity index (χ3n) is 1.98. The van der Waals surface area contributed by atoms with Crippen LogP contribution in [0.25, 0.3) is 0 Å². The van der Waals surface area contributed by atoms with Gasteiger partial charge in [0.05, 0.1) is 12.7 Å². The van der Waals surface area contributed by atoms with Crippen LogP contribution in [0.2, 0.25) is 0 Å². The average molecular weight is 270 g/mol. The van der Waals surface area contributed by atoms with Crippen LogP contribution >= 0.6 is 0 Å². The molecule has 0 saturated heterocycles. The molecule has 8 nitrogen and oxygen atoms in total. The predicted octanol–water partition coefficient (Wildman–Crippen LogP) is 0.889. The van der Waals surface area contributed by atoms with Crippen molar-refractivity contribution < 1.29 is 19.4 Å². The summed E-state index contributed by atoms with van der Waals surface area (Å²) in [5, 5.41) is 18.5. The fourth-order valence-electron chi connectivity index (χ4n) is 1.32. The van der Waals surface area contributed by atoms with Crippen LogP contribution in [0.5, 0.6) is 0 Å². The number of nitrogens with one attached hydrogen (secondary N) is 1. The molecular formula is C11H18N4O4. The molecule has 1 amide bonds. The summed E-state index contributed by atoms with van der Waals surface area (Å²) in [5.74, 6) is -1.14. The molecule has 0 saturated carbocycles. The average Bonchev–Trinajstić information content (AvgIpc) is 2.62. The van der Waals surface area contributed by atoms with E-state index in [2.05, 4.69) is 15.6 Å². The van der Waals surface area contributed by atoms with Crippen molar-refractivity contribution in [2.24, 2.45) is 0 Å². The molecule has 0 aromatic carbocycles. The van der Waals surface area contributed by atoms with E-state index < -0.39 is 17.7 Å². The van der Waals surface area contributed by atoms with Crippen LogP contribution in [-0.4, -0.2) is 43.8 Å². The quantitative estimate of drug-likeness (QED) is 0.841. The molecule has 0 spiro atoms. The van der Waals surface area contributed by atoms with Crippen LogP contribution in [0.1, 0.15) is 38.2 Å². The lowest BCUT2D eigenvalue weighted by Gasteiger charge is -2.21. The van der Waals surface area contributed by atoms with E-state index in [1.165, 1.54) is 10.9 Å². The Bertz CT molecular complexity index is 464. The van der Waals surface area contributed by atoms with Crippen LogP contribution in [0.4, 0.5) is 4.79 Å². The summed E-state index contributed by atoms with van der Waals surface area (Å²) in [5.41, 5.74) is -0.697. The highest BCUT2D eigenvalue weighted by molar-refractivity contribution is 5.84. The first kappa shape index (κ1) is 14.9. The summed E-state index contributed by atoms with van der Waals surface area (Å²) < 4.78 is 6.45. The molecule has 0 unspecified atom stereocenters. The van der Waals surface area contributed by atoms with E-state index in [1.807, 2.05) is 0 Å². The summed E-state index contributed by atoms with van der Waals surface area (Å²) in [6.45, 7) is 7.38. The number of alkyl carbamates (subject to hydrolysis) is 1. The van der Waals surface area contributed by atoms with Crippen LogP contribution < -0.4 is 5.32 Å². The number of carbonyl (C=O) groups is 2. The van der Waals surface area contributed by atoms with Gasteiger partial charge in [0, 0.05) is 6.04 Å². The maximum atomic E-state index is 11.5. The fourth-order valence-corrected chi connectivity index (χ4v) is 1.32. The van der Waals surface area contributed by atoms with Crippen LogP contribution in [0, 0.1) is 0 Å². The number of amides is 1. The number of carboxylic acid groups (broad SMARTS) is 1. The van der Waals surface area contributed by atoms with Gasteiger partial charge >= 0.3 is 12.1 Å². The fraction of sp³-hybridized carbons (Fsp3) is 0.636. The molecule has 0 aliphatic carbocycles. The van der Waals surface area contributed by atoms with Gasteiger partial charge in [-0.15, -0.1) is 5.10 Å². The Hall–Kier alpha value is -2.12. The zero-order valence-corrected chi connectivity index (χ0v) is 11.4. The van der Waals surface area contributed by atoms with Crippen molar-refractivity contribution in [2.75, 3.05) is 0 Å². The summed E-state index contributed by atoms with van der Waals surface area (Å²) in [6.07, 6.45) is 0.772. The molecule has 106 valence electrons. The van der Waals surface area contributed by atoms with Crippen molar-refractivity contribution in [3.63, 3.8) is 0 Å². The molecule has 1 heterocycles. The molecule has 1 rings (SSSR count). The van der Waals surface area contributed by atoms with E-state index in [0.717, 1.165) is 0 Å². The van der Waals surface area contributed by atoms with Gasteiger partial charge in [-0.3, -0.25) is 0 Å². The molecule has 0 fully saturated rings. The molecule has 19 heavy (non-hydrogen) atoms. The van der Waals surface area contributed by atoms with Crippen molar-refractivity contribution in [3.8, 4) is 0 Å². The van der Waals surface area contributed by atoms with Crippen molar-refractivity contribution in [3.05, 3.63) is 11.9 Å². The normalized spacial score (nSPS) is 12.8. The van der Waals surface area contributed by atoms with Crippen molar-refractivity contribution in [1.29, 1.82) is 0 Å². The maximum absolute atomic E-state index is 11.5.